The molecule has 32 heavy (non-hydrogen) atoms. The van der Waals surface area contributed by atoms with E-state index in [1.807, 2.05) is 0 Å². The number of hydrazone groups is 1. The van der Waals surface area contributed by atoms with Crippen molar-refractivity contribution in [2.75, 3.05) is 10.7 Å². The highest BCUT2D eigenvalue weighted by Crippen LogP contribution is 2.19. The monoisotopic (exact) mass is 482 g/mol. The van der Waals surface area contributed by atoms with E-state index in [4.69, 9.17) is 14.5 Å². The Labute approximate surface area is 185 Å². The summed E-state index contributed by atoms with van der Waals surface area (Å²) >= 11 is 0. The van der Waals surface area contributed by atoms with Crippen molar-refractivity contribution in [1.82, 2.24) is 0 Å². The number of nitrogens with one attached hydrogen (secondary N) is 3. The van der Waals surface area contributed by atoms with Crippen LogP contribution >= 0.6 is 0 Å². The molecule has 0 saturated heterocycles. The van der Waals surface area contributed by atoms with E-state index >= 15 is 0 Å². The van der Waals surface area contributed by atoms with Crippen molar-refractivity contribution in [3.05, 3.63) is 48.5 Å². The number of hydrogen-bond acceptors (Lipinski definition) is 8. The minimum atomic E-state index is -4.38. The molecule has 1 amide bonds. The van der Waals surface area contributed by atoms with E-state index in [0.717, 1.165) is 24.3 Å². The fourth-order valence-corrected chi connectivity index (χ4v) is 3.26. The van der Waals surface area contributed by atoms with Crippen molar-refractivity contribution in [2.24, 2.45) is 10.5 Å². The molecule has 0 bridgehead atoms. The molecule has 0 unspecified atom stereocenters. The van der Waals surface area contributed by atoms with Crippen LogP contribution in [0, 0.1) is 10.8 Å². The summed E-state index contributed by atoms with van der Waals surface area (Å²) in [5.41, 5.74) is 1.94. The first-order valence-corrected chi connectivity index (χ1v) is 11.9. The molecule has 0 spiro atoms. The van der Waals surface area contributed by atoms with Crippen molar-refractivity contribution < 1.29 is 30.7 Å². The van der Waals surface area contributed by atoms with E-state index in [9.17, 15) is 21.6 Å². The number of anilines is 2. The molecule has 11 nitrogen and oxygen atoms in total. The highest BCUT2D eigenvalue weighted by atomic mass is 32.2. The van der Waals surface area contributed by atoms with Crippen molar-refractivity contribution in [1.29, 1.82) is 5.41 Å². The Morgan fingerprint density at radius 1 is 0.844 bits per heavy atom. The highest BCUT2D eigenvalue weighted by molar-refractivity contribution is 7.86. The minimum absolute atomic E-state index is 0.105. The van der Waals surface area contributed by atoms with Crippen LogP contribution in [0.1, 0.15) is 20.8 Å². The average molecular weight is 483 g/mol. The van der Waals surface area contributed by atoms with Gasteiger partial charge < -0.3 is 10.7 Å². The lowest BCUT2D eigenvalue weighted by Gasteiger charge is -2.21. The standard InChI is InChI=1S/C19H22N4O7S2/c1-19(2,3)17(20)16(23-22-13-6-10-15(11-7-13)32(28,29)30)18(24)21-12-4-8-14(9-5-12)31(25,26)27/h4-11,20,22H,1-3H3,(H,21,24)(H,25,26,27)(H,28,29,30)/b20-17?,23-16-. The summed E-state index contributed by atoms with van der Waals surface area (Å²) in [5, 5.41) is 14.8. The fourth-order valence-electron chi connectivity index (χ4n) is 2.30. The van der Waals surface area contributed by atoms with Crippen molar-refractivity contribution >= 4 is 48.9 Å². The average Bonchev–Trinajstić information content (AvgIpc) is 2.66. The molecule has 0 radical (unpaired) electrons. The van der Waals surface area contributed by atoms with E-state index in [0.29, 0.717) is 5.69 Å². The first-order chi connectivity index (χ1) is 14.6. The third kappa shape index (κ3) is 6.68. The molecular formula is C19H22N4O7S2. The molecule has 0 heterocycles. The third-order valence-corrected chi connectivity index (χ3v) is 5.80. The van der Waals surface area contributed by atoms with Crippen LogP contribution in [-0.2, 0) is 25.0 Å². The van der Waals surface area contributed by atoms with Gasteiger partial charge in [-0.25, -0.2) is 0 Å². The Balaban J connectivity index is 2.30. The van der Waals surface area contributed by atoms with Gasteiger partial charge in [-0.05, 0) is 48.5 Å². The van der Waals surface area contributed by atoms with E-state index < -0.39 is 31.6 Å². The van der Waals surface area contributed by atoms with Crippen LogP contribution < -0.4 is 10.7 Å². The fraction of sp³-hybridized carbons (Fsp3) is 0.211. The number of hydrogen-bond donors (Lipinski definition) is 5. The van der Waals surface area contributed by atoms with Gasteiger partial charge in [-0.15, -0.1) is 0 Å². The number of amides is 1. The molecule has 0 aliphatic heterocycles. The van der Waals surface area contributed by atoms with Crippen LogP contribution in [0.3, 0.4) is 0 Å². The van der Waals surface area contributed by atoms with E-state index in [1.165, 1.54) is 24.3 Å². The maximum absolute atomic E-state index is 12.8. The molecule has 5 N–H and O–H groups in total. The molecule has 0 saturated carbocycles. The second kappa shape index (κ2) is 9.16. The van der Waals surface area contributed by atoms with E-state index in [1.54, 1.807) is 20.8 Å². The Bertz CT molecular complexity index is 1260. The first-order valence-electron chi connectivity index (χ1n) is 8.98. The second-order valence-electron chi connectivity index (χ2n) is 7.65. The largest absolute Gasteiger partial charge is 0.321 e. The van der Waals surface area contributed by atoms with Gasteiger partial charge in [0, 0.05) is 11.1 Å². The second-order valence-corrected chi connectivity index (χ2v) is 10.5. The predicted octanol–water partition coefficient (Wildman–Crippen LogP) is 2.65. The van der Waals surface area contributed by atoms with Gasteiger partial charge in [0.1, 0.15) is 0 Å². The van der Waals surface area contributed by atoms with Crippen LogP contribution in [0.5, 0.6) is 0 Å². The van der Waals surface area contributed by atoms with Crippen LogP contribution in [0.2, 0.25) is 0 Å². The van der Waals surface area contributed by atoms with Gasteiger partial charge in [0.05, 0.1) is 21.2 Å². The van der Waals surface area contributed by atoms with E-state index in [2.05, 4.69) is 15.8 Å². The van der Waals surface area contributed by atoms with E-state index in [-0.39, 0.29) is 26.9 Å². The molecule has 0 fully saturated rings. The third-order valence-electron chi connectivity index (χ3n) is 4.06. The lowest BCUT2D eigenvalue weighted by Crippen LogP contribution is -2.37. The molecule has 172 valence electrons. The van der Waals surface area contributed by atoms with Gasteiger partial charge in [-0.2, -0.15) is 21.9 Å². The molecule has 0 aromatic heterocycles. The summed E-state index contributed by atoms with van der Waals surface area (Å²) < 4.78 is 62.6. The molecule has 0 atom stereocenters. The molecule has 0 aliphatic carbocycles. The SMILES string of the molecule is CC(C)(C)C(=N)/C(=N/Nc1ccc(S(=O)(=O)O)cc1)C(=O)Nc1ccc(S(=O)(=O)O)cc1. The zero-order chi connectivity index (χ0) is 24.3. The summed E-state index contributed by atoms with van der Waals surface area (Å²) in [6.07, 6.45) is 0. The highest BCUT2D eigenvalue weighted by Gasteiger charge is 2.27. The van der Waals surface area contributed by atoms with Crippen LogP contribution in [0.25, 0.3) is 0 Å². The van der Waals surface area contributed by atoms with Gasteiger partial charge in [0.25, 0.3) is 26.1 Å². The first kappa shape index (κ1) is 25.1. The van der Waals surface area contributed by atoms with Crippen molar-refractivity contribution in [3.8, 4) is 0 Å². The summed E-state index contributed by atoms with van der Waals surface area (Å²) in [6, 6.07) is 9.64. The van der Waals surface area contributed by atoms with Crippen LogP contribution in [0.4, 0.5) is 11.4 Å². The molecule has 2 aromatic rings. The summed E-state index contributed by atoms with van der Waals surface area (Å²) in [4.78, 5) is 12.1. The maximum atomic E-state index is 12.8. The zero-order valence-corrected chi connectivity index (χ0v) is 19.0. The predicted molar refractivity (Wildman–Crippen MR) is 119 cm³/mol. The van der Waals surface area contributed by atoms with Gasteiger partial charge in [0.2, 0.25) is 0 Å². The smallest absolute Gasteiger partial charge is 0.294 e. The summed E-state index contributed by atoms with van der Waals surface area (Å²) in [7, 11) is -8.74. The normalized spacial score (nSPS) is 12.8. The quantitative estimate of drug-likeness (QED) is 0.226. The number of carbonyl (C=O) groups excluding carboxylic acids is 1. The Morgan fingerprint density at radius 2 is 1.25 bits per heavy atom. The van der Waals surface area contributed by atoms with Gasteiger partial charge >= 0.3 is 0 Å². The zero-order valence-electron chi connectivity index (χ0n) is 17.3. The molecule has 13 heteroatoms. The van der Waals surface area contributed by atoms with Crippen LogP contribution in [-0.4, -0.2) is 43.3 Å². The van der Waals surface area contributed by atoms with Crippen LogP contribution in [0.15, 0.2) is 63.4 Å². The topological polar surface area (TPSA) is 186 Å². The molecule has 2 rings (SSSR count). The lowest BCUT2D eigenvalue weighted by molar-refractivity contribution is -0.110. The Kier molecular flexibility index (Phi) is 7.19. The number of nitrogens with zero attached hydrogens (tertiary/aromatic N) is 1. The number of benzene rings is 2. The Morgan fingerprint density at radius 3 is 1.62 bits per heavy atom. The molecular weight excluding hydrogens is 460 g/mol. The number of rotatable bonds is 7. The van der Waals surface area contributed by atoms with Crippen molar-refractivity contribution in [2.45, 2.75) is 30.6 Å². The van der Waals surface area contributed by atoms with Gasteiger partial charge in [-0.1, -0.05) is 20.8 Å². The summed E-state index contributed by atoms with van der Waals surface area (Å²) in [6.45, 7) is 5.12. The molecule has 2 aromatic carbocycles. The lowest BCUT2D eigenvalue weighted by atomic mass is 9.87. The number of carbonyl (C=O) groups is 1. The maximum Gasteiger partial charge on any atom is 0.294 e. The molecule has 0 aliphatic rings. The Hall–Kier alpha value is -3.13. The van der Waals surface area contributed by atoms with Crippen molar-refractivity contribution in [3.63, 3.8) is 0 Å². The van der Waals surface area contributed by atoms with Gasteiger partial charge in [0.15, 0.2) is 5.71 Å². The minimum Gasteiger partial charge on any atom is -0.321 e. The van der Waals surface area contributed by atoms with Gasteiger partial charge in [-0.3, -0.25) is 19.3 Å². The summed E-state index contributed by atoms with van der Waals surface area (Å²) in [5.74, 6) is -0.758.